The van der Waals surface area contributed by atoms with Gasteiger partial charge in [-0.15, -0.1) is 11.6 Å². The molecule has 4 nitrogen and oxygen atoms in total. The molecule has 1 amide bonds. The summed E-state index contributed by atoms with van der Waals surface area (Å²) in [6.07, 6.45) is 1.50. The van der Waals surface area contributed by atoms with Crippen LogP contribution in [0.1, 0.15) is 28.8 Å². The number of rotatable bonds is 2. The molecule has 0 unspecified atom stereocenters. The fourth-order valence-electron chi connectivity index (χ4n) is 2.76. The monoisotopic (exact) mass is 295 g/mol. The number of carbonyl (C=O) groups is 1. The summed E-state index contributed by atoms with van der Waals surface area (Å²) >= 11 is 5.75. The van der Waals surface area contributed by atoms with Crippen LogP contribution in [0.4, 0.5) is 0 Å². The van der Waals surface area contributed by atoms with E-state index in [0.717, 1.165) is 18.4 Å². The van der Waals surface area contributed by atoms with E-state index in [4.69, 9.17) is 21.1 Å². The van der Waals surface area contributed by atoms with E-state index in [1.54, 1.807) is 0 Å². The van der Waals surface area contributed by atoms with E-state index in [0.29, 0.717) is 37.7 Å². The Morgan fingerprint density at radius 3 is 2.30 bits per heavy atom. The van der Waals surface area contributed by atoms with Gasteiger partial charge in [0.1, 0.15) is 0 Å². The molecule has 1 spiro atoms. The number of nitrogens with zero attached hydrogens (tertiary/aromatic N) is 1. The Hall–Kier alpha value is -1.10. The van der Waals surface area contributed by atoms with Gasteiger partial charge in [0, 0.05) is 37.4 Å². The van der Waals surface area contributed by atoms with E-state index in [-0.39, 0.29) is 5.91 Å². The SMILES string of the molecule is O=C(c1ccc(CCl)cc1)N1CCC2(CC1)OCCO2. The van der Waals surface area contributed by atoms with E-state index in [2.05, 4.69) is 0 Å². The van der Waals surface area contributed by atoms with Gasteiger partial charge in [0.15, 0.2) is 5.79 Å². The number of hydrogen-bond donors (Lipinski definition) is 0. The van der Waals surface area contributed by atoms with Gasteiger partial charge in [0.25, 0.3) is 5.91 Å². The largest absolute Gasteiger partial charge is 0.347 e. The Balaban J connectivity index is 1.63. The van der Waals surface area contributed by atoms with Crippen LogP contribution in [0.3, 0.4) is 0 Å². The van der Waals surface area contributed by atoms with Gasteiger partial charge < -0.3 is 14.4 Å². The lowest BCUT2D eigenvalue weighted by Gasteiger charge is -2.37. The zero-order chi connectivity index (χ0) is 14.0. The molecule has 2 aliphatic heterocycles. The number of alkyl halides is 1. The predicted molar refractivity (Wildman–Crippen MR) is 75.8 cm³/mol. The van der Waals surface area contributed by atoms with Crippen molar-refractivity contribution in [2.45, 2.75) is 24.5 Å². The minimum Gasteiger partial charge on any atom is -0.347 e. The van der Waals surface area contributed by atoms with E-state index in [1.807, 2.05) is 29.2 Å². The predicted octanol–water partition coefficient (Wildman–Crippen LogP) is 2.40. The summed E-state index contributed by atoms with van der Waals surface area (Å²) in [6, 6.07) is 7.48. The molecule has 0 atom stereocenters. The quantitative estimate of drug-likeness (QED) is 0.787. The van der Waals surface area contributed by atoms with Crippen molar-refractivity contribution < 1.29 is 14.3 Å². The third-order valence-electron chi connectivity index (χ3n) is 3.98. The maximum absolute atomic E-state index is 12.4. The second-order valence-corrected chi connectivity index (χ2v) is 5.50. The fraction of sp³-hybridized carbons (Fsp3) is 0.533. The molecule has 1 aromatic carbocycles. The molecule has 2 aliphatic rings. The van der Waals surface area contributed by atoms with Gasteiger partial charge in [-0.1, -0.05) is 12.1 Å². The molecule has 2 fully saturated rings. The van der Waals surface area contributed by atoms with Crippen molar-refractivity contribution in [1.82, 2.24) is 4.90 Å². The Morgan fingerprint density at radius 2 is 1.75 bits per heavy atom. The van der Waals surface area contributed by atoms with Gasteiger partial charge in [0.2, 0.25) is 0 Å². The molecule has 0 aliphatic carbocycles. The molecule has 108 valence electrons. The van der Waals surface area contributed by atoms with Crippen molar-refractivity contribution >= 4 is 17.5 Å². The number of carbonyl (C=O) groups excluding carboxylic acids is 1. The lowest BCUT2D eigenvalue weighted by Crippen LogP contribution is -2.47. The molecule has 5 heteroatoms. The van der Waals surface area contributed by atoms with E-state index < -0.39 is 5.79 Å². The molecule has 2 saturated heterocycles. The van der Waals surface area contributed by atoms with Crippen LogP contribution in [-0.4, -0.2) is 42.9 Å². The summed E-state index contributed by atoms with van der Waals surface area (Å²) in [7, 11) is 0. The third kappa shape index (κ3) is 2.68. The van der Waals surface area contributed by atoms with Crippen LogP contribution in [-0.2, 0) is 15.4 Å². The van der Waals surface area contributed by atoms with Crippen molar-refractivity contribution in [3.63, 3.8) is 0 Å². The molecule has 3 rings (SSSR count). The maximum atomic E-state index is 12.4. The summed E-state index contributed by atoms with van der Waals surface area (Å²) < 4.78 is 11.3. The highest BCUT2D eigenvalue weighted by molar-refractivity contribution is 6.17. The summed E-state index contributed by atoms with van der Waals surface area (Å²) in [6.45, 7) is 2.67. The number of benzene rings is 1. The first-order chi connectivity index (χ1) is 9.72. The Morgan fingerprint density at radius 1 is 1.15 bits per heavy atom. The highest BCUT2D eigenvalue weighted by atomic mass is 35.5. The molecule has 1 aromatic rings. The maximum Gasteiger partial charge on any atom is 0.253 e. The molecule has 0 bridgehead atoms. The van der Waals surface area contributed by atoms with Crippen molar-refractivity contribution in [3.05, 3.63) is 35.4 Å². The second-order valence-electron chi connectivity index (χ2n) is 5.23. The minimum absolute atomic E-state index is 0.0685. The van der Waals surface area contributed by atoms with Gasteiger partial charge in [-0.2, -0.15) is 0 Å². The molecular formula is C15H18ClNO3. The smallest absolute Gasteiger partial charge is 0.253 e. The molecule has 0 saturated carbocycles. The van der Waals surface area contributed by atoms with Crippen molar-refractivity contribution in [3.8, 4) is 0 Å². The molecule has 0 N–H and O–H groups in total. The molecular weight excluding hydrogens is 278 g/mol. The Kier molecular flexibility index (Phi) is 3.96. The minimum atomic E-state index is -0.431. The zero-order valence-electron chi connectivity index (χ0n) is 11.3. The summed E-state index contributed by atoms with van der Waals surface area (Å²) in [5.74, 6) is 0.105. The molecule has 0 aromatic heterocycles. The number of amides is 1. The number of likely N-dealkylation sites (tertiary alicyclic amines) is 1. The fourth-order valence-corrected chi connectivity index (χ4v) is 2.93. The number of piperidine rings is 1. The van der Waals surface area contributed by atoms with Crippen molar-refractivity contribution in [2.75, 3.05) is 26.3 Å². The van der Waals surface area contributed by atoms with Gasteiger partial charge in [-0.3, -0.25) is 4.79 Å². The Labute approximate surface area is 123 Å². The lowest BCUT2D eigenvalue weighted by molar-refractivity contribution is -0.181. The van der Waals surface area contributed by atoms with Crippen LogP contribution in [0.2, 0.25) is 0 Å². The van der Waals surface area contributed by atoms with Crippen molar-refractivity contribution in [2.24, 2.45) is 0 Å². The Bertz CT molecular complexity index is 472. The standard InChI is InChI=1S/C15H18ClNO3/c16-11-12-1-3-13(4-2-12)14(18)17-7-5-15(6-8-17)19-9-10-20-15/h1-4H,5-11H2. The average molecular weight is 296 g/mol. The number of ether oxygens (including phenoxy) is 2. The summed E-state index contributed by atoms with van der Waals surface area (Å²) in [4.78, 5) is 14.3. The van der Waals surface area contributed by atoms with Crippen LogP contribution in [0, 0.1) is 0 Å². The first-order valence-corrected chi connectivity index (χ1v) is 7.48. The van der Waals surface area contributed by atoms with E-state index in [9.17, 15) is 4.79 Å². The van der Waals surface area contributed by atoms with Crippen LogP contribution in [0.25, 0.3) is 0 Å². The van der Waals surface area contributed by atoms with Gasteiger partial charge in [-0.05, 0) is 17.7 Å². The van der Waals surface area contributed by atoms with Crippen LogP contribution >= 0.6 is 11.6 Å². The number of hydrogen-bond acceptors (Lipinski definition) is 3. The first kappa shape index (κ1) is 13.9. The molecule has 20 heavy (non-hydrogen) atoms. The third-order valence-corrected chi connectivity index (χ3v) is 4.29. The number of halogens is 1. The highest BCUT2D eigenvalue weighted by Crippen LogP contribution is 2.31. The molecule has 0 radical (unpaired) electrons. The van der Waals surface area contributed by atoms with E-state index >= 15 is 0 Å². The van der Waals surface area contributed by atoms with Crippen LogP contribution in [0.15, 0.2) is 24.3 Å². The summed E-state index contributed by atoms with van der Waals surface area (Å²) in [5.41, 5.74) is 1.73. The van der Waals surface area contributed by atoms with Gasteiger partial charge in [0.05, 0.1) is 13.2 Å². The lowest BCUT2D eigenvalue weighted by atomic mass is 10.0. The normalized spacial score (nSPS) is 21.4. The first-order valence-electron chi connectivity index (χ1n) is 6.95. The second kappa shape index (κ2) is 5.72. The highest BCUT2D eigenvalue weighted by Gasteiger charge is 2.40. The summed E-state index contributed by atoms with van der Waals surface area (Å²) in [5, 5.41) is 0. The van der Waals surface area contributed by atoms with Crippen LogP contribution in [0.5, 0.6) is 0 Å². The van der Waals surface area contributed by atoms with Crippen molar-refractivity contribution in [1.29, 1.82) is 0 Å². The van der Waals surface area contributed by atoms with Gasteiger partial charge in [-0.25, -0.2) is 0 Å². The topological polar surface area (TPSA) is 38.8 Å². The zero-order valence-corrected chi connectivity index (χ0v) is 12.1. The van der Waals surface area contributed by atoms with Gasteiger partial charge >= 0.3 is 0 Å². The van der Waals surface area contributed by atoms with Crippen LogP contribution < -0.4 is 0 Å². The average Bonchev–Trinajstić information content (AvgIpc) is 2.96. The molecule has 2 heterocycles. The van der Waals surface area contributed by atoms with E-state index in [1.165, 1.54) is 0 Å².